The highest BCUT2D eigenvalue weighted by Crippen LogP contribution is 2.35. The summed E-state index contributed by atoms with van der Waals surface area (Å²) in [6.07, 6.45) is -0.934. The Labute approximate surface area is 214 Å². The predicted octanol–water partition coefficient (Wildman–Crippen LogP) is 2.05. The molecule has 0 aliphatic carbocycles. The lowest BCUT2D eigenvalue weighted by Gasteiger charge is -2.26. The standard InChI is InChI=1S/C23H37N5O5S2/c1-14(2)11-16(19(29)26-18(21(31)28-24)13-34-35-23(3,4)5)25-20(30)17(27-22(32)33)12-15-9-7-6-8-10-15/h6-10,14,16-18,27H,11-13,24H2,1-5H3,(H,25,30)(H,26,29)(H,28,31)(H,32,33)/t16-,17?,18+/m0/s1. The Balaban J connectivity index is 2.97. The lowest BCUT2D eigenvalue weighted by Crippen LogP contribution is -2.58. The molecule has 10 nitrogen and oxygen atoms in total. The van der Waals surface area contributed by atoms with Crippen LogP contribution in [-0.2, 0) is 20.8 Å². The minimum absolute atomic E-state index is 0.0404. The average Bonchev–Trinajstić information content (AvgIpc) is 2.76. The Bertz CT molecular complexity index is 848. The van der Waals surface area contributed by atoms with Crippen molar-refractivity contribution in [2.45, 2.75) is 70.3 Å². The summed E-state index contributed by atoms with van der Waals surface area (Å²) in [5, 5.41) is 16.8. The van der Waals surface area contributed by atoms with E-state index >= 15 is 0 Å². The average molecular weight is 528 g/mol. The normalized spacial score (nSPS) is 13.9. The van der Waals surface area contributed by atoms with Gasteiger partial charge in [0.05, 0.1) is 0 Å². The van der Waals surface area contributed by atoms with Crippen LogP contribution in [0.25, 0.3) is 0 Å². The molecular weight excluding hydrogens is 490 g/mol. The number of nitrogens with one attached hydrogen (secondary N) is 4. The lowest BCUT2D eigenvalue weighted by atomic mass is 10.0. The molecule has 0 bridgehead atoms. The van der Waals surface area contributed by atoms with Gasteiger partial charge in [-0.1, -0.05) is 86.5 Å². The molecule has 196 valence electrons. The van der Waals surface area contributed by atoms with Crippen LogP contribution in [0.15, 0.2) is 30.3 Å². The van der Waals surface area contributed by atoms with Crippen molar-refractivity contribution in [2.75, 3.05) is 5.75 Å². The molecule has 1 rings (SSSR count). The van der Waals surface area contributed by atoms with Crippen molar-refractivity contribution in [1.29, 1.82) is 0 Å². The summed E-state index contributed by atoms with van der Waals surface area (Å²) in [7, 11) is 3.00. The molecule has 0 fully saturated rings. The molecule has 0 spiro atoms. The summed E-state index contributed by atoms with van der Waals surface area (Å²) in [6, 6.07) is 5.99. The van der Waals surface area contributed by atoms with E-state index in [9.17, 15) is 24.3 Å². The van der Waals surface area contributed by atoms with Crippen LogP contribution in [0.5, 0.6) is 0 Å². The molecule has 0 saturated carbocycles. The molecule has 7 N–H and O–H groups in total. The molecule has 0 heterocycles. The first-order chi connectivity index (χ1) is 16.3. The molecule has 12 heteroatoms. The lowest BCUT2D eigenvalue weighted by molar-refractivity contribution is -0.132. The predicted molar refractivity (Wildman–Crippen MR) is 141 cm³/mol. The summed E-state index contributed by atoms with van der Waals surface area (Å²) < 4.78 is -0.0442. The van der Waals surface area contributed by atoms with Gasteiger partial charge in [0.1, 0.15) is 18.1 Å². The van der Waals surface area contributed by atoms with Gasteiger partial charge >= 0.3 is 6.09 Å². The Morgan fingerprint density at radius 1 is 0.914 bits per heavy atom. The molecule has 0 aromatic heterocycles. The third-order valence-corrected chi connectivity index (χ3v) is 7.90. The third-order valence-electron chi connectivity index (χ3n) is 4.56. The number of hydrogen-bond donors (Lipinski definition) is 6. The van der Waals surface area contributed by atoms with Gasteiger partial charge in [0.25, 0.3) is 5.91 Å². The smallest absolute Gasteiger partial charge is 0.405 e. The van der Waals surface area contributed by atoms with Gasteiger partial charge in [-0.3, -0.25) is 19.8 Å². The minimum Gasteiger partial charge on any atom is -0.465 e. The largest absolute Gasteiger partial charge is 0.465 e. The maximum Gasteiger partial charge on any atom is 0.405 e. The zero-order valence-corrected chi connectivity index (χ0v) is 22.4. The molecule has 0 saturated heterocycles. The molecular formula is C23H37N5O5S2. The number of rotatable bonds is 13. The summed E-state index contributed by atoms with van der Waals surface area (Å²) in [5.74, 6) is 3.89. The van der Waals surface area contributed by atoms with Crippen LogP contribution in [0.2, 0.25) is 0 Å². The second-order valence-corrected chi connectivity index (χ2v) is 12.6. The van der Waals surface area contributed by atoms with Crippen molar-refractivity contribution in [3.05, 3.63) is 35.9 Å². The van der Waals surface area contributed by atoms with Crippen molar-refractivity contribution in [3.63, 3.8) is 0 Å². The first kappa shape index (κ1) is 30.6. The summed E-state index contributed by atoms with van der Waals surface area (Å²) in [5.41, 5.74) is 2.83. The Kier molecular flexibility index (Phi) is 13.0. The molecule has 3 atom stereocenters. The molecule has 1 aromatic carbocycles. The topological polar surface area (TPSA) is 163 Å². The second kappa shape index (κ2) is 14.8. The van der Waals surface area contributed by atoms with Gasteiger partial charge in [-0.25, -0.2) is 10.6 Å². The van der Waals surface area contributed by atoms with E-state index in [2.05, 4.69) is 21.4 Å². The Morgan fingerprint density at radius 3 is 2.00 bits per heavy atom. The summed E-state index contributed by atoms with van der Waals surface area (Å²) in [6.45, 7) is 9.89. The van der Waals surface area contributed by atoms with Gasteiger partial charge in [-0.2, -0.15) is 0 Å². The Hall–Kier alpha value is -2.44. The van der Waals surface area contributed by atoms with Crippen molar-refractivity contribution in [3.8, 4) is 0 Å². The maximum atomic E-state index is 13.1. The quantitative estimate of drug-likeness (QED) is 0.0982. The zero-order valence-electron chi connectivity index (χ0n) is 20.8. The van der Waals surface area contributed by atoms with E-state index in [1.54, 1.807) is 35.1 Å². The van der Waals surface area contributed by atoms with Gasteiger partial charge in [-0.15, -0.1) is 0 Å². The van der Waals surface area contributed by atoms with E-state index in [0.29, 0.717) is 6.42 Å². The van der Waals surface area contributed by atoms with Crippen molar-refractivity contribution in [1.82, 2.24) is 21.4 Å². The van der Waals surface area contributed by atoms with Crippen LogP contribution in [0.1, 0.15) is 46.6 Å². The Morgan fingerprint density at radius 2 is 1.49 bits per heavy atom. The fourth-order valence-electron chi connectivity index (χ4n) is 3.02. The van der Waals surface area contributed by atoms with Gasteiger partial charge in [-0.05, 0) is 17.9 Å². The SMILES string of the molecule is CC(C)C[C@H](NC(=O)C(Cc1ccccc1)NC(=O)O)C(=O)N[C@H](CSSC(C)(C)C)C(=O)NN. The highest BCUT2D eigenvalue weighted by atomic mass is 33.1. The highest BCUT2D eigenvalue weighted by Gasteiger charge is 2.30. The number of carbonyl (C=O) groups excluding carboxylic acids is 3. The first-order valence-electron chi connectivity index (χ1n) is 11.3. The van der Waals surface area contributed by atoms with Crippen LogP contribution in [0, 0.1) is 5.92 Å². The number of nitrogens with two attached hydrogens (primary N) is 1. The molecule has 0 radical (unpaired) electrons. The van der Waals surface area contributed by atoms with Gasteiger partial charge < -0.3 is 21.1 Å². The van der Waals surface area contributed by atoms with Crippen molar-refractivity contribution < 1.29 is 24.3 Å². The van der Waals surface area contributed by atoms with E-state index < -0.39 is 41.9 Å². The van der Waals surface area contributed by atoms with Gasteiger partial charge in [0.2, 0.25) is 11.8 Å². The zero-order chi connectivity index (χ0) is 26.6. The van der Waals surface area contributed by atoms with E-state index in [1.165, 1.54) is 10.8 Å². The maximum absolute atomic E-state index is 13.1. The van der Waals surface area contributed by atoms with E-state index in [0.717, 1.165) is 5.56 Å². The van der Waals surface area contributed by atoms with Gasteiger partial charge in [0, 0.05) is 16.9 Å². The van der Waals surface area contributed by atoms with E-state index in [1.807, 2.05) is 40.7 Å². The van der Waals surface area contributed by atoms with Crippen LogP contribution < -0.4 is 27.2 Å². The molecule has 0 aliphatic rings. The molecule has 1 aromatic rings. The number of carbonyl (C=O) groups is 4. The number of hydrogen-bond acceptors (Lipinski definition) is 7. The van der Waals surface area contributed by atoms with Crippen LogP contribution in [0.4, 0.5) is 4.79 Å². The number of carboxylic acid groups (broad SMARTS) is 1. The monoisotopic (exact) mass is 527 g/mol. The number of hydrazine groups is 1. The van der Waals surface area contributed by atoms with Crippen molar-refractivity contribution >= 4 is 45.4 Å². The van der Waals surface area contributed by atoms with Crippen molar-refractivity contribution in [2.24, 2.45) is 11.8 Å². The minimum atomic E-state index is -1.35. The van der Waals surface area contributed by atoms with Crippen LogP contribution >= 0.6 is 21.6 Å². The second-order valence-electron chi connectivity index (χ2n) is 9.43. The first-order valence-corrected chi connectivity index (χ1v) is 13.6. The van der Waals surface area contributed by atoms with E-state index in [4.69, 9.17) is 5.84 Å². The molecule has 4 amide bonds. The fourth-order valence-corrected chi connectivity index (χ4v) is 5.48. The highest BCUT2D eigenvalue weighted by molar-refractivity contribution is 8.77. The number of amides is 4. The third kappa shape index (κ3) is 12.7. The summed E-state index contributed by atoms with van der Waals surface area (Å²) in [4.78, 5) is 49.7. The van der Waals surface area contributed by atoms with E-state index in [-0.39, 0.29) is 22.8 Å². The molecule has 1 unspecified atom stereocenters. The van der Waals surface area contributed by atoms with Crippen LogP contribution in [-0.4, -0.2) is 57.5 Å². The fraction of sp³-hybridized carbons (Fsp3) is 0.565. The van der Waals surface area contributed by atoms with Crippen LogP contribution in [0.3, 0.4) is 0 Å². The van der Waals surface area contributed by atoms with Gasteiger partial charge in [0.15, 0.2) is 0 Å². The summed E-state index contributed by atoms with van der Waals surface area (Å²) >= 11 is 0. The molecule has 35 heavy (non-hydrogen) atoms. The number of benzene rings is 1. The molecule has 0 aliphatic heterocycles.